The number of carboxylic acid groups (broad SMARTS) is 1. The van der Waals surface area contributed by atoms with E-state index in [-0.39, 0.29) is 12.1 Å². The summed E-state index contributed by atoms with van der Waals surface area (Å²) in [6.45, 7) is 0.285. The molecule has 1 unspecified atom stereocenters. The van der Waals surface area contributed by atoms with Crippen LogP contribution >= 0.6 is 11.3 Å². The summed E-state index contributed by atoms with van der Waals surface area (Å²) in [6, 6.07) is 4.70. The topological polar surface area (TPSA) is 82.5 Å². The second-order valence-corrected chi connectivity index (χ2v) is 4.47. The SMILES string of the molecule is O=C(O)c1ccnc(NCC(O)c2ccsc2)c1. The number of anilines is 1. The Morgan fingerprint density at radius 2 is 2.33 bits per heavy atom. The number of pyridine rings is 1. The number of nitrogens with one attached hydrogen (secondary N) is 1. The zero-order valence-corrected chi connectivity index (χ0v) is 10.2. The van der Waals surface area contributed by atoms with E-state index in [0.29, 0.717) is 5.82 Å². The Balaban J connectivity index is 1.98. The van der Waals surface area contributed by atoms with Crippen LogP contribution in [-0.2, 0) is 0 Å². The fraction of sp³-hybridized carbons (Fsp3) is 0.167. The van der Waals surface area contributed by atoms with Gasteiger partial charge >= 0.3 is 5.97 Å². The summed E-state index contributed by atoms with van der Waals surface area (Å²) < 4.78 is 0. The molecule has 3 N–H and O–H groups in total. The molecular weight excluding hydrogens is 252 g/mol. The predicted molar refractivity (Wildman–Crippen MR) is 69.0 cm³/mol. The molecule has 2 heterocycles. The molecule has 0 aromatic carbocycles. The molecule has 6 heteroatoms. The minimum Gasteiger partial charge on any atom is -0.478 e. The Bertz CT molecular complexity index is 528. The number of aromatic carboxylic acids is 1. The highest BCUT2D eigenvalue weighted by Crippen LogP contribution is 2.16. The third-order valence-corrected chi connectivity index (χ3v) is 3.11. The average molecular weight is 264 g/mol. The van der Waals surface area contributed by atoms with E-state index in [4.69, 9.17) is 5.11 Å². The molecule has 2 rings (SSSR count). The van der Waals surface area contributed by atoms with Crippen molar-refractivity contribution in [2.45, 2.75) is 6.10 Å². The molecule has 1 atom stereocenters. The van der Waals surface area contributed by atoms with Gasteiger partial charge in [-0.1, -0.05) is 0 Å². The Morgan fingerprint density at radius 3 is 3.00 bits per heavy atom. The highest BCUT2D eigenvalue weighted by atomic mass is 32.1. The largest absolute Gasteiger partial charge is 0.478 e. The van der Waals surface area contributed by atoms with E-state index in [0.717, 1.165) is 5.56 Å². The van der Waals surface area contributed by atoms with Crippen molar-refractivity contribution < 1.29 is 15.0 Å². The lowest BCUT2D eigenvalue weighted by atomic mass is 10.2. The molecule has 18 heavy (non-hydrogen) atoms. The molecule has 5 nitrogen and oxygen atoms in total. The molecule has 0 spiro atoms. The van der Waals surface area contributed by atoms with Crippen LogP contribution in [0.25, 0.3) is 0 Å². The fourth-order valence-corrected chi connectivity index (χ4v) is 2.15. The van der Waals surface area contributed by atoms with Crippen LogP contribution in [0.4, 0.5) is 5.82 Å². The summed E-state index contributed by atoms with van der Waals surface area (Å²) in [5, 5.41) is 25.3. The summed E-state index contributed by atoms with van der Waals surface area (Å²) in [5.41, 5.74) is 0.999. The molecule has 0 fully saturated rings. The Kier molecular flexibility index (Phi) is 3.91. The third kappa shape index (κ3) is 3.06. The molecule has 0 saturated carbocycles. The summed E-state index contributed by atoms with van der Waals surface area (Å²) in [5.74, 6) is -0.567. The van der Waals surface area contributed by atoms with E-state index in [1.807, 2.05) is 16.8 Å². The normalized spacial score (nSPS) is 12.1. The van der Waals surface area contributed by atoms with Gasteiger partial charge in [0, 0.05) is 12.7 Å². The van der Waals surface area contributed by atoms with Crippen molar-refractivity contribution in [2.75, 3.05) is 11.9 Å². The van der Waals surface area contributed by atoms with E-state index >= 15 is 0 Å². The van der Waals surface area contributed by atoms with Gasteiger partial charge < -0.3 is 15.5 Å². The lowest BCUT2D eigenvalue weighted by Gasteiger charge is -2.11. The molecule has 2 aromatic rings. The zero-order valence-electron chi connectivity index (χ0n) is 9.41. The van der Waals surface area contributed by atoms with Crippen LogP contribution < -0.4 is 5.32 Å². The molecule has 0 radical (unpaired) electrons. The molecule has 0 bridgehead atoms. The fourth-order valence-electron chi connectivity index (χ4n) is 1.44. The number of aromatic nitrogens is 1. The van der Waals surface area contributed by atoms with Crippen LogP contribution in [0.1, 0.15) is 22.0 Å². The number of carboxylic acids is 1. The second-order valence-electron chi connectivity index (χ2n) is 3.69. The number of rotatable bonds is 5. The first kappa shape index (κ1) is 12.5. The highest BCUT2D eigenvalue weighted by molar-refractivity contribution is 7.07. The first-order valence-electron chi connectivity index (χ1n) is 5.30. The van der Waals surface area contributed by atoms with Gasteiger partial charge in [-0.3, -0.25) is 0 Å². The second kappa shape index (κ2) is 5.61. The van der Waals surface area contributed by atoms with Gasteiger partial charge in [0.1, 0.15) is 5.82 Å². The van der Waals surface area contributed by atoms with E-state index < -0.39 is 12.1 Å². The smallest absolute Gasteiger partial charge is 0.335 e. The van der Waals surface area contributed by atoms with E-state index in [1.165, 1.54) is 29.7 Å². The predicted octanol–water partition coefficient (Wildman–Crippen LogP) is 1.99. The molecule has 94 valence electrons. The number of thiophene rings is 1. The third-order valence-electron chi connectivity index (χ3n) is 2.41. The summed E-state index contributed by atoms with van der Waals surface area (Å²) in [7, 11) is 0. The zero-order chi connectivity index (χ0) is 13.0. The maximum Gasteiger partial charge on any atom is 0.335 e. The van der Waals surface area contributed by atoms with Gasteiger partial charge in [0.2, 0.25) is 0 Å². The quantitative estimate of drug-likeness (QED) is 0.769. The van der Waals surface area contributed by atoms with Gasteiger partial charge in [-0.15, -0.1) is 0 Å². The lowest BCUT2D eigenvalue weighted by Crippen LogP contribution is -2.12. The van der Waals surface area contributed by atoms with Gasteiger partial charge in [-0.05, 0) is 34.5 Å². The van der Waals surface area contributed by atoms with Gasteiger partial charge in [0.15, 0.2) is 0 Å². The summed E-state index contributed by atoms with van der Waals surface area (Å²) in [6.07, 6.45) is 0.787. The number of carbonyl (C=O) groups is 1. The van der Waals surface area contributed by atoms with Crippen molar-refractivity contribution >= 4 is 23.1 Å². The van der Waals surface area contributed by atoms with E-state index in [9.17, 15) is 9.90 Å². The van der Waals surface area contributed by atoms with Gasteiger partial charge in [-0.2, -0.15) is 11.3 Å². The van der Waals surface area contributed by atoms with E-state index in [2.05, 4.69) is 10.3 Å². The van der Waals surface area contributed by atoms with Crippen LogP contribution in [-0.4, -0.2) is 27.7 Å². The highest BCUT2D eigenvalue weighted by Gasteiger charge is 2.09. The number of aliphatic hydroxyl groups excluding tert-OH is 1. The maximum absolute atomic E-state index is 10.8. The van der Waals surface area contributed by atoms with Crippen LogP contribution in [0.5, 0.6) is 0 Å². The number of hydrogen-bond donors (Lipinski definition) is 3. The Morgan fingerprint density at radius 1 is 1.50 bits per heavy atom. The van der Waals surface area contributed by atoms with E-state index in [1.54, 1.807) is 0 Å². The van der Waals surface area contributed by atoms with Gasteiger partial charge in [-0.25, -0.2) is 9.78 Å². The first-order chi connectivity index (χ1) is 8.66. The Hall–Kier alpha value is -1.92. The minimum atomic E-state index is -1.00. The number of hydrogen-bond acceptors (Lipinski definition) is 5. The van der Waals surface area contributed by atoms with Crippen molar-refractivity contribution in [3.8, 4) is 0 Å². The minimum absolute atomic E-state index is 0.164. The average Bonchev–Trinajstić information content (AvgIpc) is 2.90. The molecule has 0 aliphatic heterocycles. The molecule has 0 amide bonds. The van der Waals surface area contributed by atoms with Crippen molar-refractivity contribution in [2.24, 2.45) is 0 Å². The van der Waals surface area contributed by atoms with Crippen LogP contribution in [0.2, 0.25) is 0 Å². The number of aliphatic hydroxyl groups is 1. The summed E-state index contributed by atoms with van der Waals surface area (Å²) in [4.78, 5) is 14.8. The van der Waals surface area contributed by atoms with Crippen molar-refractivity contribution in [1.29, 1.82) is 0 Å². The molecule has 2 aromatic heterocycles. The van der Waals surface area contributed by atoms with Crippen molar-refractivity contribution in [3.05, 3.63) is 46.3 Å². The van der Waals surface area contributed by atoms with Crippen molar-refractivity contribution in [3.63, 3.8) is 0 Å². The van der Waals surface area contributed by atoms with Crippen LogP contribution in [0.3, 0.4) is 0 Å². The van der Waals surface area contributed by atoms with Gasteiger partial charge in [0.25, 0.3) is 0 Å². The standard InChI is InChI=1S/C12H12N2O3S/c15-10(9-2-4-18-7-9)6-14-11-5-8(12(16)17)1-3-13-11/h1-5,7,10,15H,6H2,(H,13,14)(H,16,17). The first-order valence-corrected chi connectivity index (χ1v) is 6.24. The molecule has 0 saturated heterocycles. The number of nitrogens with zero attached hydrogens (tertiary/aromatic N) is 1. The summed E-state index contributed by atoms with van der Waals surface area (Å²) >= 11 is 1.51. The van der Waals surface area contributed by atoms with Crippen molar-refractivity contribution in [1.82, 2.24) is 4.98 Å². The molecule has 0 aliphatic carbocycles. The van der Waals surface area contributed by atoms with Crippen LogP contribution in [0, 0.1) is 0 Å². The lowest BCUT2D eigenvalue weighted by molar-refractivity contribution is 0.0697. The molecule has 0 aliphatic rings. The Labute approximate surface area is 108 Å². The maximum atomic E-state index is 10.8. The monoisotopic (exact) mass is 264 g/mol. The van der Waals surface area contributed by atoms with Crippen LogP contribution in [0.15, 0.2) is 35.2 Å². The molecular formula is C12H12N2O3S. The van der Waals surface area contributed by atoms with Gasteiger partial charge in [0.05, 0.1) is 11.7 Å².